The van der Waals surface area contributed by atoms with Crippen LogP contribution < -0.4 is 0 Å². The van der Waals surface area contributed by atoms with Crippen LogP contribution in [0.3, 0.4) is 0 Å². The Balaban J connectivity index is 2.13. The minimum atomic E-state index is -0.00789. The molecule has 0 aromatic heterocycles. The standard InChI is InChI=1S/C14H19NO2S/c1-18-13-7-5-11(6-8-13)14(17)15-9-3-2-4-12(15)10-16/h5-8,12,16H,2-4,9-10H2,1H3. The summed E-state index contributed by atoms with van der Waals surface area (Å²) in [5.41, 5.74) is 0.716. The van der Waals surface area contributed by atoms with Crippen LogP contribution in [-0.4, -0.2) is 41.4 Å². The van der Waals surface area contributed by atoms with Crippen LogP contribution in [-0.2, 0) is 0 Å². The molecule has 1 aliphatic rings. The summed E-state index contributed by atoms with van der Waals surface area (Å²) in [7, 11) is 0. The van der Waals surface area contributed by atoms with Crippen molar-refractivity contribution in [1.29, 1.82) is 0 Å². The zero-order valence-electron chi connectivity index (χ0n) is 10.6. The summed E-state index contributed by atoms with van der Waals surface area (Å²) in [6.07, 6.45) is 5.06. The first-order valence-corrected chi connectivity index (χ1v) is 7.54. The van der Waals surface area contributed by atoms with Crippen molar-refractivity contribution < 1.29 is 9.90 Å². The molecule has 0 saturated carbocycles. The molecular formula is C14H19NO2S. The average molecular weight is 265 g/mol. The summed E-state index contributed by atoms with van der Waals surface area (Å²) in [5.74, 6) is 0.0430. The number of rotatable bonds is 3. The normalized spacial score (nSPS) is 19.9. The molecule has 1 unspecified atom stereocenters. The van der Waals surface area contributed by atoms with E-state index in [9.17, 15) is 9.90 Å². The summed E-state index contributed by atoms with van der Waals surface area (Å²) < 4.78 is 0. The summed E-state index contributed by atoms with van der Waals surface area (Å²) in [5, 5.41) is 9.34. The number of hydrogen-bond acceptors (Lipinski definition) is 3. The molecule has 1 fully saturated rings. The largest absolute Gasteiger partial charge is 0.394 e. The van der Waals surface area contributed by atoms with Crippen LogP contribution in [0.15, 0.2) is 29.2 Å². The van der Waals surface area contributed by atoms with Gasteiger partial charge in [-0.05, 0) is 49.8 Å². The van der Waals surface area contributed by atoms with Crippen LogP contribution >= 0.6 is 11.8 Å². The quantitative estimate of drug-likeness (QED) is 0.853. The number of carbonyl (C=O) groups excluding carboxylic acids is 1. The minimum absolute atomic E-state index is 0.00789. The van der Waals surface area contributed by atoms with Gasteiger partial charge in [0.25, 0.3) is 5.91 Å². The summed E-state index contributed by atoms with van der Waals surface area (Å²) in [6.45, 7) is 0.822. The lowest BCUT2D eigenvalue weighted by Gasteiger charge is -2.34. The van der Waals surface area contributed by atoms with Crippen molar-refractivity contribution in [3.63, 3.8) is 0 Å². The number of piperidine rings is 1. The molecular weight excluding hydrogens is 246 g/mol. The molecule has 1 heterocycles. The maximum absolute atomic E-state index is 12.4. The molecule has 0 radical (unpaired) electrons. The Kier molecular flexibility index (Phi) is 4.66. The van der Waals surface area contributed by atoms with Gasteiger partial charge in [-0.15, -0.1) is 11.8 Å². The smallest absolute Gasteiger partial charge is 0.254 e. The zero-order chi connectivity index (χ0) is 13.0. The van der Waals surface area contributed by atoms with Gasteiger partial charge in [-0.25, -0.2) is 0 Å². The van der Waals surface area contributed by atoms with Gasteiger partial charge in [-0.3, -0.25) is 4.79 Å². The molecule has 3 nitrogen and oxygen atoms in total. The van der Waals surface area contributed by atoms with E-state index in [-0.39, 0.29) is 18.6 Å². The van der Waals surface area contributed by atoms with Gasteiger partial charge in [0.15, 0.2) is 0 Å². The Morgan fingerprint density at radius 1 is 1.39 bits per heavy atom. The van der Waals surface area contributed by atoms with E-state index in [1.165, 1.54) is 0 Å². The van der Waals surface area contributed by atoms with Gasteiger partial charge in [0, 0.05) is 17.0 Å². The number of nitrogens with zero attached hydrogens (tertiary/aromatic N) is 1. The molecule has 1 aromatic rings. The summed E-state index contributed by atoms with van der Waals surface area (Å²) in [4.78, 5) is 15.4. The van der Waals surface area contributed by atoms with Gasteiger partial charge in [-0.1, -0.05) is 0 Å². The van der Waals surface area contributed by atoms with Crippen LogP contribution in [0.2, 0.25) is 0 Å². The summed E-state index contributed by atoms with van der Waals surface area (Å²) in [6, 6.07) is 7.67. The maximum atomic E-state index is 12.4. The third-order valence-corrected chi connectivity index (χ3v) is 4.18. The Labute approximate surface area is 112 Å². The van der Waals surface area contributed by atoms with Crippen LogP contribution in [0.1, 0.15) is 29.6 Å². The number of amides is 1. The number of hydrogen-bond donors (Lipinski definition) is 1. The SMILES string of the molecule is CSc1ccc(C(=O)N2CCCCC2CO)cc1. The Bertz CT molecular complexity index is 405. The van der Waals surface area contributed by atoms with Gasteiger partial charge < -0.3 is 10.0 Å². The Morgan fingerprint density at radius 3 is 2.72 bits per heavy atom. The van der Waals surface area contributed by atoms with Crippen molar-refractivity contribution in [2.24, 2.45) is 0 Å². The molecule has 1 atom stereocenters. The number of likely N-dealkylation sites (tertiary alicyclic amines) is 1. The fourth-order valence-corrected chi connectivity index (χ4v) is 2.77. The van der Waals surface area contributed by atoms with E-state index in [0.717, 1.165) is 30.7 Å². The van der Waals surface area contributed by atoms with Gasteiger partial charge in [0.05, 0.1) is 12.6 Å². The van der Waals surface area contributed by atoms with Gasteiger partial charge >= 0.3 is 0 Å². The lowest BCUT2D eigenvalue weighted by Crippen LogP contribution is -2.45. The van der Waals surface area contributed by atoms with Crippen molar-refractivity contribution in [3.05, 3.63) is 29.8 Å². The first-order chi connectivity index (χ1) is 8.76. The highest BCUT2D eigenvalue weighted by molar-refractivity contribution is 7.98. The lowest BCUT2D eigenvalue weighted by molar-refractivity contribution is 0.0503. The Morgan fingerprint density at radius 2 is 2.11 bits per heavy atom. The third kappa shape index (κ3) is 2.87. The molecule has 1 saturated heterocycles. The number of thioether (sulfide) groups is 1. The van der Waals surface area contributed by atoms with Crippen molar-refractivity contribution in [1.82, 2.24) is 4.90 Å². The minimum Gasteiger partial charge on any atom is -0.394 e. The monoisotopic (exact) mass is 265 g/mol. The van der Waals surface area contributed by atoms with Crippen LogP contribution in [0, 0.1) is 0 Å². The second kappa shape index (κ2) is 6.25. The molecule has 1 amide bonds. The highest BCUT2D eigenvalue weighted by atomic mass is 32.2. The van der Waals surface area contributed by atoms with Gasteiger partial charge in [0.2, 0.25) is 0 Å². The molecule has 0 bridgehead atoms. The zero-order valence-corrected chi connectivity index (χ0v) is 11.4. The third-order valence-electron chi connectivity index (χ3n) is 3.44. The van der Waals surface area contributed by atoms with E-state index in [1.54, 1.807) is 11.8 Å². The molecule has 0 aliphatic carbocycles. The predicted molar refractivity (Wildman–Crippen MR) is 74.0 cm³/mol. The van der Waals surface area contributed by atoms with Crippen LogP contribution in [0.5, 0.6) is 0 Å². The fraction of sp³-hybridized carbons (Fsp3) is 0.500. The molecule has 0 spiro atoms. The fourth-order valence-electron chi connectivity index (χ4n) is 2.36. The molecule has 4 heteroatoms. The van der Waals surface area contributed by atoms with E-state index in [4.69, 9.17) is 0 Å². The van der Waals surface area contributed by atoms with E-state index < -0.39 is 0 Å². The van der Waals surface area contributed by atoms with E-state index >= 15 is 0 Å². The molecule has 98 valence electrons. The maximum Gasteiger partial charge on any atom is 0.254 e. The topological polar surface area (TPSA) is 40.5 Å². The second-order valence-corrected chi connectivity index (χ2v) is 5.44. The predicted octanol–water partition coefficient (Wildman–Crippen LogP) is 2.40. The molecule has 1 aliphatic heterocycles. The number of carbonyl (C=O) groups is 1. The first kappa shape index (κ1) is 13.4. The first-order valence-electron chi connectivity index (χ1n) is 6.32. The van der Waals surface area contributed by atoms with Crippen molar-refractivity contribution >= 4 is 17.7 Å². The van der Waals surface area contributed by atoms with Gasteiger partial charge in [0.1, 0.15) is 0 Å². The average Bonchev–Trinajstić information content (AvgIpc) is 2.46. The molecule has 2 rings (SSSR count). The molecule has 1 N–H and O–H groups in total. The number of aliphatic hydroxyl groups is 1. The number of benzene rings is 1. The van der Waals surface area contributed by atoms with E-state index in [0.29, 0.717) is 5.56 Å². The highest BCUT2D eigenvalue weighted by Crippen LogP contribution is 2.21. The summed E-state index contributed by atoms with van der Waals surface area (Å²) >= 11 is 1.66. The van der Waals surface area contributed by atoms with Crippen molar-refractivity contribution in [2.75, 3.05) is 19.4 Å². The molecule has 18 heavy (non-hydrogen) atoms. The Hall–Kier alpha value is -1.00. The van der Waals surface area contributed by atoms with Crippen LogP contribution in [0.25, 0.3) is 0 Å². The second-order valence-electron chi connectivity index (χ2n) is 4.56. The van der Waals surface area contributed by atoms with Crippen molar-refractivity contribution in [3.8, 4) is 0 Å². The van der Waals surface area contributed by atoms with E-state index in [1.807, 2.05) is 35.4 Å². The van der Waals surface area contributed by atoms with Crippen molar-refractivity contribution in [2.45, 2.75) is 30.2 Å². The lowest BCUT2D eigenvalue weighted by atomic mass is 10.0. The van der Waals surface area contributed by atoms with E-state index in [2.05, 4.69) is 0 Å². The van der Waals surface area contributed by atoms with Gasteiger partial charge in [-0.2, -0.15) is 0 Å². The number of aliphatic hydroxyl groups excluding tert-OH is 1. The highest BCUT2D eigenvalue weighted by Gasteiger charge is 2.26. The van der Waals surface area contributed by atoms with Crippen LogP contribution in [0.4, 0.5) is 0 Å². The molecule has 1 aromatic carbocycles.